The van der Waals surface area contributed by atoms with Crippen molar-refractivity contribution in [3.8, 4) is 0 Å². The first-order valence-corrected chi connectivity index (χ1v) is 9.85. The van der Waals surface area contributed by atoms with E-state index in [1.807, 2.05) is 16.9 Å². The molecule has 144 valence electrons. The van der Waals surface area contributed by atoms with Crippen molar-refractivity contribution in [2.45, 2.75) is 38.1 Å². The van der Waals surface area contributed by atoms with Gasteiger partial charge in [-0.25, -0.2) is 4.98 Å². The maximum atomic E-state index is 13.0. The molecular weight excluding hydrogens is 356 g/mol. The van der Waals surface area contributed by atoms with Gasteiger partial charge in [-0.15, -0.1) is 5.10 Å². The smallest absolute Gasteiger partial charge is 0.270 e. The van der Waals surface area contributed by atoms with Crippen LogP contribution >= 0.6 is 0 Å². The Morgan fingerprint density at radius 2 is 2.11 bits per heavy atom. The standard InChI is InChI=1S/C20H22N6O2/c27-19(16-10-21-18-5-1-2-9-26(18)20(16)28)24-8-3-4-14(11-24)12-25-13-17(22-23-25)15-6-7-15/h1-2,5,9-10,13-15H,3-4,6-8,11-12H2/t14-/m0/s1. The van der Waals surface area contributed by atoms with Crippen molar-refractivity contribution < 1.29 is 4.79 Å². The molecule has 1 aliphatic heterocycles. The highest BCUT2D eigenvalue weighted by Crippen LogP contribution is 2.38. The van der Waals surface area contributed by atoms with Crippen molar-refractivity contribution in [2.75, 3.05) is 13.1 Å². The lowest BCUT2D eigenvalue weighted by Crippen LogP contribution is -2.43. The van der Waals surface area contributed by atoms with E-state index in [0.717, 1.165) is 25.1 Å². The predicted octanol–water partition coefficient (Wildman–Crippen LogP) is 1.72. The van der Waals surface area contributed by atoms with Gasteiger partial charge in [0.25, 0.3) is 11.5 Å². The summed E-state index contributed by atoms with van der Waals surface area (Å²) in [6, 6.07) is 5.33. The number of fused-ring (bicyclic) bond motifs is 1. The number of nitrogens with zero attached hydrogens (tertiary/aromatic N) is 6. The van der Waals surface area contributed by atoms with Gasteiger partial charge in [0.2, 0.25) is 0 Å². The van der Waals surface area contributed by atoms with Gasteiger partial charge >= 0.3 is 0 Å². The zero-order valence-electron chi connectivity index (χ0n) is 15.6. The number of pyridine rings is 1. The van der Waals surface area contributed by atoms with Crippen LogP contribution in [0.1, 0.15) is 47.7 Å². The van der Waals surface area contributed by atoms with Crippen LogP contribution in [0.5, 0.6) is 0 Å². The number of hydrogen-bond donors (Lipinski definition) is 0. The van der Waals surface area contributed by atoms with Gasteiger partial charge in [0.15, 0.2) is 0 Å². The van der Waals surface area contributed by atoms with Gasteiger partial charge in [0.1, 0.15) is 11.2 Å². The van der Waals surface area contributed by atoms with E-state index < -0.39 is 0 Å². The number of likely N-dealkylation sites (tertiary alicyclic amines) is 1. The van der Waals surface area contributed by atoms with E-state index in [4.69, 9.17) is 0 Å². The third-order valence-corrected chi connectivity index (χ3v) is 5.65. The van der Waals surface area contributed by atoms with Crippen LogP contribution in [-0.4, -0.2) is 48.3 Å². The van der Waals surface area contributed by atoms with Crippen molar-refractivity contribution in [1.82, 2.24) is 29.3 Å². The molecule has 28 heavy (non-hydrogen) atoms. The van der Waals surface area contributed by atoms with Crippen molar-refractivity contribution in [3.63, 3.8) is 0 Å². The number of rotatable bonds is 4. The number of aromatic nitrogens is 5. The minimum atomic E-state index is -0.317. The second kappa shape index (κ2) is 6.85. The molecule has 1 amide bonds. The molecule has 4 heterocycles. The quantitative estimate of drug-likeness (QED) is 0.690. The molecule has 0 aromatic carbocycles. The van der Waals surface area contributed by atoms with E-state index >= 15 is 0 Å². The van der Waals surface area contributed by atoms with E-state index in [1.165, 1.54) is 23.4 Å². The lowest BCUT2D eigenvalue weighted by Gasteiger charge is -2.32. The summed E-state index contributed by atoms with van der Waals surface area (Å²) in [6.07, 6.45) is 9.46. The average Bonchev–Trinajstić information content (AvgIpc) is 3.48. The van der Waals surface area contributed by atoms with Gasteiger partial charge in [-0.05, 0) is 43.7 Å². The number of carbonyl (C=O) groups excluding carboxylic acids is 1. The van der Waals surface area contributed by atoms with Crippen molar-refractivity contribution in [1.29, 1.82) is 0 Å². The van der Waals surface area contributed by atoms with Crippen LogP contribution in [0.4, 0.5) is 0 Å². The number of hydrogen-bond acceptors (Lipinski definition) is 5. The summed E-state index contributed by atoms with van der Waals surface area (Å²) in [5.74, 6) is 0.659. The normalized spacial score (nSPS) is 19.9. The van der Waals surface area contributed by atoms with Gasteiger partial charge in [0.05, 0.1) is 5.69 Å². The minimum absolute atomic E-state index is 0.126. The highest BCUT2D eigenvalue weighted by atomic mass is 16.2. The molecule has 3 aromatic rings. The molecule has 2 fully saturated rings. The highest BCUT2D eigenvalue weighted by Gasteiger charge is 2.29. The molecule has 1 saturated carbocycles. The Morgan fingerprint density at radius 3 is 2.96 bits per heavy atom. The lowest BCUT2D eigenvalue weighted by molar-refractivity contribution is 0.0657. The summed E-state index contributed by atoms with van der Waals surface area (Å²) in [7, 11) is 0. The largest absolute Gasteiger partial charge is 0.338 e. The number of piperidine rings is 1. The van der Waals surface area contributed by atoms with Gasteiger partial charge in [-0.2, -0.15) is 0 Å². The summed E-state index contributed by atoms with van der Waals surface area (Å²) >= 11 is 0. The molecule has 1 atom stereocenters. The molecule has 0 unspecified atom stereocenters. The van der Waals surface area contributed by atoms with Crippen LogP contribution < -0.4 is 5.56 Å². The fourth-order valence-electron chi connectivity index (χ4n) is 3.98. The van der Waals surface area contributed by atoms with E-state index in [9.17, 15) is 9.59 Å². The molecule has 8 nitrogen and oxygen atoms in total. The van der Waals surface area contributed by atoms with Crippen LogP contribution in [-0.2, 0) is 6.54 Å². The zero-order valence-corrected chi connectivity index (χ0v) is 15.6. The molecule has 5 rings (SSSR count). The molecule has 2 aliphatic rings. The van der Waals surface area contributed by atoms with Gasteiger partial charge in [0, 0.05) is 44.1 Å². The Kier molecular flexibility index (Phi) is 4.18. The van der Waals surface area contributed by atoms with E-state index in [-0.39, 0.29) is 17.0 Å². The van der Waals surface area contributed by atoms with Crippen LogP contribution in [0, 0.1) is 5.92 Å². The fourth-order valence-corrected chi connectivity index (χ4v) is 3.98. The average molecular weight is 378 g/mol. The van der Waals surface area contributed by atoms with E-state index in [0.29, 0.717) is 30.6 Å². The first kappa shape index (κ1) is 17.1. The SMILES string of the molecule is O=C(c1cnc2ccccn2c1=O)N1CCC[C@H](Cn2cc(C3CC3)nn2)C1. The van der Waals surface area contributed by atoms with Crippen molar-refractivity contribution >= 4 is 11.6 Å². The van der Waals surface area contributed by atoms with Gasteiger partial charge in [-0.3, -0.25) is 18.7 Å². The predicted molar refractivity (Wildman–Crippen MR) is 102 cm³/mol. The summed E-state index contributed by atoms with van der Waals surface area (Å²) in [4.78, 5) is 31.8. The zero-order chi connectivity index (χ0) is 19.1. The van der Waals surface area contributed by atoms with Gasteiger partial charge in [-0.1, -0.05) is 11.3 Å². The molecule has 0 spiro atoms. The Hall–Kier alpha value is -3.03. The summed E-state index contributed by atoms with van der Waals surface area (Å²) in [5, 5.41) is 8.51. The number of carbonyl (C=O) groups is 1. The summed E-state index contributed by atoms with van der Waals surface area (Å²) in [5.41, 5.74) is 1.43. The maximum Gasteiger partial charge on any atom is 0.270 e. The minimum Gasteiger partial charge on any atom is -0.338 e. The van der Waals surface area contributed by atoms with E-state index in [1.54, 1.807) is 23.2 Å². The Labute approximate surface area is 161 Å². The van der Waals surface area contributed by atoms with Crippen molar-refractivity contribution in [3.05, 3.63) is 58.4 Å². The summed E-state index contributed by atoms with van der Waals surface area (Å²) < 4.78 is 3.32. The highest BCUT2D eigenvalue weighted by molar-refractivity contribution is 5.93. The summed E-state index contributed by atoms with van der Waals surface area (Å²) in [6.45, 7) is 2.03. The third-order valence-electron chi connectivity index (χ3n) is 5.65. The second-order valence-electron chi connectivity index (χ2n) is 7.81. The molecule has 1 aliphatic carbocycles. The number of amides is 1. The first-order chi connectivity index (χ1) is 13.7. The molecular formula is C20H22N6O2. The third kappa shape index (κ3) is 3.19. The first-order valence-electron chi connectivity index (χ1n) is 9.85. The topological polar surface area (TPSA) is 85.4 Å². The van der Waals surface area contributed by atoms with Crippen LogP contribution in [0.15, 0.2) is 41.6 Å². The Bertz CT molecular complexity index is 1080. The fraction of sp³-hybridized carbons (Fsp3) is 0.450. The molecule has 0 N–H and O–H groups in total. The lowest BCUT2D eigenvalue weighted by atomic mass is 9.97. The van der Waals surface area contributed by atoms with E-state index in [2.05, 4.69) is 15.3 Å². The van der Waals surface area contributed by atoms with Crippen LogP contribution in [0.3, 0.4) is 0 Å². The van der Waals surface area contributed by atoms with Gasteiger partial charge < -0.3 is 4.90 Å². The molecule has 8 heteroatoms. The Balaban J connectivity index is 1.32. The Morgan fingerprint density at radius 1 is 1.21 bits per heavy atom. The van der Waals surface area contributed by atoms with Crippen molar-refractivity contribution in [2.24, 2.45) is 5.92 Å². The molecule has 1 saturated heterocycles. The van der Waals surface area contributed by atoms with Crippen LogP contribution in [0.25, 0.3) is 5.65 Å². The maximum absolute atomic E-state index is 13.0. The van der Waals surface area contributed by atoms with Crippen LogP contribution in [0.2, 0.25) is 0 Å². The second-order valence-corrected chi connectivity index (χ2v) is 7.81. The molecule has 3 aromatic heterocycles. The monoisotopic (exact) mass is 378 g/mol. The molecule has 0 bridgehead atoms. The molecule has 0 radical (unpaired) electrons.